The zero-order chi connectivity index (χ0) is 22.1. The zero-order valence-corrected chi connectivity index (χ0v) is 18.1. The monoisotopic (exact) mass is 436 g/mol. The van der Waals surface area contributed by atoms with Crippen molar-refractivity contribution in [2.24, 2.45) is 0 Å². The van der Waals surface area contributed by atoms with Crippen LogP contribution in [0, 0.1) is 0 Å². The summed E-state index contributed by atoms with van der Waals surface area (Å²) in [6.45, 7) is 0.394. The number of carbonyl (C=O) groups is 2. The van der Waals surface area contributed by atoms with Gasteiger partial charge in [0, 0.05) is 18.0 Å². The molecule has 0 fully saturated rings. The van der Waals surface area contributed by atoms with E-state index in [2.05, 4.69) is 10.6 Å². The van der Waals surface area contributed by atoms with Gasteiger partial charge in [-0.15, -0.1) is 0 Å². The van der Waals surface area contributed by atoms with Crippen LogP contribution in [-0.2, 0) is 29.0 Å². The molecule has 31 heavy (non-hydrogen) atoms. The molecular formula is C25H25ClN2O3. The maximum Gasteiger partial charge on any atom is 0.243 e. The van der Waals surface area contributed by atoms with E-state index >= 15 is 0 Å². The Labute approximate surface area is 187 Å². The van der Waals surface area contributed by atoms with Crippen LogP contribution in [0.2, 0.25) is 5.02 Å². The lowest BCUT2D eigenvalue weighted by Gasteiger charge is -2.19. The maximum atomic E-state index is 12.9. The fourth-order valence-electron chi connectivity index (χ4n) is 3.15. The molecule has 1 atom stereocenters. The Morgan fingerprint density at radius 1 is 0.871 bits per heavy atom. The second kappa shape index (κ2) is 11.2. The van der Waals surface area contributed by atoms with Gasteiger partial charge in [-0.25, -0.2) is 0 Å². The summed E-state index contributed by atoms with van der Waals surface area (Å²) in [7, 11) is 1.59. The molecule has 3 aromatic carbocycles. The quantitative estimate of drug-likeness (QED) is 0.534. The third-order valence-electron chi connectivity index (χ3n) is 4.84. The van der Waals surface area contributed by atoms with E-state index in [4.69, 9.17) is 16.3 Å². The van der Waals surface area contributed by atoms with Crippen LogP contribution < -0.4 is 15.4 Å². The van der Waals surface area contributed by atoms with E-state index in [0.29, 0.717) is 18.0 Å². The summed E-state index contributed by atoms with van der Waals surface area (Å²) >= 11 is 5.97. The van der Waals surface area contributed by atoms with E-state index in [1.165, 1.54) is 0 Å². The Bertz CT molecular complexity index is 990. The average Bonchev–Trinajstić information content (AvgIpc) is 2.79. The molecule has 0 saturated carbocycles. The van der Waals surface area contributed by atoms with Crippen LogP contribution >= 0.6 is 11.6 Å². The molecule has 0 aromatic heterocycles. The van der Waals surface area contributed by atoms with Gasteiger partial charge in [0.15, 0.2) is 0 Å². The molecule has 0 radical (unpaired) electrons. The lowest BCUT2D eigenvalue weighted by atomic mass is 10.0. The number of methoxy groups -OCH3 is 1. The van der Waals surface area contributed by atoms with Crippen molar-refractivity contribution in [3.63, 3.8) is 0 Å². The van der Waals surface area contributed by atoms with Crippen molar-refractivity contribution in [1.82, 2.24) is 10.6 Å². The number of nitrogens with one attached hydrogen (secondary N) is 2. The number of ether oxygens (including phenoxy) is 1. The molecule has 0 spiro atoms. The molecule has 3 aromatic rings. The molecule has 0 saturated heterocycles. The normalized spacial score (nSPS) is 11.4. The minimum absolute atomic E-state index is 0.174. The molecule has 0 bridgehead atoms. The molecule has 3 rings (SSSR count). The Morgan fingerprint density at radius 3 is 2.16 bits per heavy atom. The molecule has 0 aliphatic heterocycles. The van der Waals surface area contributed by atoms with Gasteiger partial charge < -0.3 is 15.4 Å². The zero-order valence-electron chi connectivity index (χ0n) is 17.3. The molecule has 2 amide bonds. The number of hydrogen-bond donors (Lipinski definition) is 2. The molecule has 160 valence electrons. The van der Waals surface area contributed by atoms with E-state index in [9.17, 15) is 9.59 Å². The number of hydrogen-bond acceptors (Lipinski definition) is 3. The number of halogens is 1. The van der Waals surface area contributed by atoms with Crippen LogP contribution in [0.4, 0.5) is 0 Å². The van der Waals surface area contributed by atoms with Gasteiger partial charge in [0.25, 0.3) is 0 Å². The van der Waals surface area contributed by atoms with E-state index in [-0.39, 0.29) is 18.2 Å². The van der Waals surface area contributed by atoms with Gasteiger partial charge in [-0.1, -0.05) is 66.2 Å². The Balaban J connectivity index is 1.66. The standard InChI is InChI=1S/C25H25ClN2O3/c1-31-22-13-9-19(10-14-22)16-24(29)28-23(15-18-7-11-21(26)12-8-18)25(30)27-17-20-5-3-2-4-6-20/h2-14,23H,15-17H2,1H3,(H,27,30)(H,28,29)/t23-/m1/s1. The minimum Gasteiger partial charge on any atom is -0.497 e. The van der Waals surface area contributed by atoms with E-state index < -0.39 is 6.04 Å². The summed E-state index contributed by atoms with van der Waals surface area (Å²) < 4.78 is 5.15. The Kier molecular flexibility index (Phi) is 8.07. The first-order valence-corrected chi connectivity index (χ1v) is 10.4. The molecule has 0 aliphatic carbocycles. The highest BCUT2D eigenvalue weighted by atomic mass is 35.5. The lowest BCUT2D eigenvalue weighted by molar-refractivity contribution is -0.128. The van der Waals surface area contributed by atoms with Gasteiger partial charge >= 0.3 is 0 Å². The molecule has 6 heteroatoms. The van der Waals surface area contributed by atoms with Crippen LogP contribution in [-0.4, -0.2) is 25.0 Å². The minimum atomic E-state index is -0.698. The summed E-state index contributed by atoms with van der Waals surface area (Å²) in [6.07, 6.45) is 0.541. The second-order valence-electron chi connectivity index (χ2n) is 7.18. The highest BCUT2D eigenvalue weighted by molar-refractivity contribution is 6.30. The predicted molar refractivity (Wildman–Crippen MR) is 122 cm³/mol. The van der Waals surface area contributed by atoms with E-state index in [1.54, 1.807) is 31.4 Å². The SMILES string of the molecule is COc1ccc(CC(=O)N[C@H](Cc2ccc(Cl)cc2)C(=O)NCc2ccccc2)cc1. The number of rotatable bonds is 9. The second-order valence-corrected chi connectivity index (χ2v) is 7.62. The summed E-state index contributed by atoms with van der Waals surface area (Å²) in [4.78, 5) is 25.5. The molecule has 0 aliphatic rings. The van der Waals surface area contributed by atoms with Crippen molar-refractivity contribution in [2.45, 2.75) is 25.4 Å². The van der Waals surface area contributed by atoms with Crippen molar-refractivity contribution in [3.8, 4) is 5.75 Å². The smallest absolute Gasteiger partial charge is 0.243 e. The topological polar surface area (TPSA) is 67.4 Å². The van der Waals surface area contributed by atoms with Crippen molar-refractivity contribution < 1.29 is 14.3 Å². The predicted octanol–water partition coefficient (Wildman–Crippen LogP) is 3.94. The fraction of sp³-hybridized carbons (Fsp3) is 0.200. The van der Waals surface area contributed by atoms with Crippen LogP contribution in [0.3, 0.4) is 0 Å². The highest BCUT2D eigenvalue weighted by Crippen LogP contribution is 2.13. The summed E-state index contributed by atoms with van der Waals surface area (Å²) in [5, 5.41) is 6.42. The third kappa shape index (κ3) is 7.15. The fourth-order valence-corrected chi connectivity index (χ4v) is 3.27. The van der Waals surface area contributed by atoms with E-state index in [1.807, 2.05) is 54.6 Å². The number of amides is 2. The lowest BCUT2D eigenvalue weighted by Crippen LogP contribution is -2.48. The van der Waals surface area contributed by atoms with Crippen molar-refractivity contribution in [1.29, 1.82) is 0 Å². The van der Waals surface area contributed by atoms with Gasteiger partial charge in [0.2, 0.25) is 11.8 Å². The van der Waals surface area contributed by atoms with Gasteiger partial charge in [0.05, 0.1) is 13.5 Å². The molecular weight excluding hydrogens is 412 g/mol. The first-order valence-electron chi connectivity index (χ1n) is 10.0. The van der Waals surface area contributed by atoms with Crippen molar-refractivity contribution in [3.05, 3.63) is 101 Å². The average molecular weight is 437 g/mol. The number of benzene rings is 3. The highest BCUT2D eigenvalue weighted by Gasteiger charge is 2.21. The summed E-state index contributed by atoms with van der Waals surface area (Å²) in [5.41, 5.74) is 2.74. The first-order chi connectivity index (χ1) is 15.0. The third-order valence-corrected chi connectivity index (χ3v) is 5.09. The van der Waals surface area contributed by atoms with Crippen LogP contribution in [0.1, 0.15) is 16.7 Å². The Hall–Kier alpha value is -3.31. The maximum absolute atomic E-state index is 12.9. The molecule has 5 nitrogen and oxygen atoms in total. The van der Waals surface area contributed by atoms with Crippen LogP contribution in [0.15, 0.2) is 78.9 Å². The Morgan fingerprint density at radius 2 is 1.52 bits per heavy atom. The van der Waals surface area contributed by atoms with Gasteiger partial charge in [-0.05, 0) is 41.0 Å². The van der Waals surface area contributed by atoms with Gasteiger partial charge in [-0.3, -0.25) is 9.59 Å². The summed E-state index contributed by atoms with van der Waals surface area (Å²) in [5.74, 6) is 0.269. The van der Waals surface area contributed by atoms with Crippen LogP contribution in [0.5, 0.6) is 5.75 Å². The van der Waals surface area contributed by atoms with Crippen LogP contribution in [0.25, 0.3) is 0 Å². The largest absolute Gasteiger partial charge is 0.497 e. The molecule has 2 N–H and O–H groups in total. The molecule has 0 heterocycles. The molecule has 0 unspecified atom stereocenters. The summed E-state index contributed by atoms with van der Waals surface area (Å²) in [6, 6.07) is 23.5. The van der Waals surface area contributed by atoms with Crippen molar-refractivity contribution >= 4 is 23.4 Å². The van der Waals surface area contributed by atoms with Crippen molar-refractivity contribution in [2.75, 3.05) is 7.11 Å². The van der Waals surface area contributed by atoms with E-state index in [0.717, 1.165) is 22.4 Å². The number of carbonyl (C=O) groups excluding carboxylic acids is 2. The van der Waals surface area contributed by atoms with Gasteiger partial charge in [-0.2, -0.15) is 0 Å². The first kappa shape index (κ1) is 22.4. The van der Waals surface area contributed by atoms with Gasteiger partial charge in [0.1, 0.15) is 11.8 Å².